The van der Waals surface area contributed by atoms with E-state index in [-0.39, 0.29) is 17.8 Å². The second kappa shape index (κ2) is 13.6. The maximum absolute atomic E-state index is 11.5. The third-order valence-electron chi connectivity index (χ3n) is 10.5. The first kappa shape index (κ1) is 33.3. The number of thioether (sulfide) groups is 1. The Hall–Kier alpha value is -3.17. The van der Waals surface area contributed by atoms with Gasteiger partial charge in [-0.2, -0.15) is 5.26 Å². The summed E-state index contributed by atoms with van der Waals surface area (Å²) in [6.07, 6.45) is 9.03. The third kappa shape index (κ3) is 6.21. The second-order valence-electron chi connectivity index (χ2n) is 13.7. The smallest absolute Gasteiger partial charge is 0.307 e. The summed E-state index contributed by atoms with van der Waals surface area (Å²) in [5, 5.41) is 29.3. The lowest BCUT2D eigenvalue weighted by molar-refractivity contribution is -0.141. The van der Waals surface area contributed by atoms with Crippen molar-refractivity contribution in [1.82, 2.24) is 19.7 Å². The number of likely N-dealkylation sites (tertiary alicyclic amines) is 3. The van der Waals surface area contributed by atoms with Crippen LogP contribution in [0.2, 0.25) is 0 Å². The standard InChI is InChI=1S/C37H42ClN5O4S/c1-36(38)31(26-7-3-2-4-8-26)10-5-12-37(36,48-30-9-6-13-43(24-30)29-22-42(23-29)15-16-44)35-40-32-18-25(17-28(19-39)33(32)47-35)20-41-14-11-27(21-41)34(45)46/h2-5,7-8,10,12,17-18,27,29-30,44H,6,9,11,13-16,20-24H2,1H3,(H,45,46)/t27-,30?,36?,37?/m1/s1. The molecule has 3 unspecified atom stereocenters. The number of hydrogen-bond acceptors (Lipinski definition) is 9. The number of β-amino-alcohol motifs (C(OH)–C–C–N with tert-alkyl or cyclic N) is 1. The van der Waals surface area contributed by atoms with Gasteiger partial charge in [0.25, 0.3) is 0 Å². The molecule has 7 rings (SSSR count). The van der Waals surface area contributed by atoms with Crippen LogP contribution in [-0.2, 0) is 16.1 Å². The molecule has 4 heterocycles. The molecule has 9 nitrogen and oxygen atoms in total. The van der Waals surface area contributed by atoms with E-state index in [1.165, 1.54) is 0 Å². The zero-order valence-electron chi connectivity index (χ0n) is 27.2. The number of carbonyl (C=O) groups is 1. The fraction of sp³-hybridized carbons (Fsp3) is 0.486. The first-order valence-electron chi connectivity index (χ1n) is 16.9. The van der Waals surface area contributed by atoms with Gasteiger partial charge in [0.15, 0.2) is 5.58 Å². The van der Waals surface area contributed by atoms with E-state index >= 15 is 0 Å². The van der Waals surface area contributed by atoms with Gasteiger partial charge in [-0.15, -0.1) is 23.4 Å². The molecule has 3 fully saturated rings. The van der Waals surface area contributed by atoms with Crippen LogP contribution in [0.25, 0.3) is 16.7 Å². The average Bonchev–Trinajstić information content (AvgIpc) is 3.71. The SMILES string of the molecule is CC1(Cl)C(c2ccccc2)=CC=CC1(SC1CCCN(C2CN(CCO)C2)C1)c1nc2cc(CN3CC[C@@H](C(=O)O)C3)cc(C#N)c2o1. The lowest BCUT2D eigenvalue weighted by Gasteiger charge is -2.50. The minimum Gasteiger partial charge on any atom is -0.481 e. The van der Waals surface area contributed by atoms with Gasteiger partial charge in [0.1, 0.15) is 16.3 Å². The number of hydrogen-bond donors (Lipinski definition) is 2. The Kier molecular flexibility index (Phi) is 9.46. The molecule has 0 saturated carbocycles. The van der Waals surface area contributed by atoms with Crippen molar-refractivity contribution < 1.29 is 19.4 Å². The van der Waals surface area contributed by atoms with Crippen molar-refractivity contribution in [2.45, 2.75) is 53.6 Å². The van der Waals surface area contributed by atoms with Crippen LogP contribution in [-0.4, -0.2) is 104 Å². The Morgan fingerprint density at radius 1 is 1.15 bits per heavy atom. The number of rotatable bonds is 10. The summed E-state index contributed by atoms with van der Waals surface area (Å²) in [7, 11) is 0. The van der Waals surface area contributed by atoms with Gasteiger partial charge >= 0.3 is 5.97 Å². The van der Waals surface area contributed by atoms with Crippen LogP contribution in [0, 0.1) is 17.2 Å². The number of carboxylic acid groups (broad SMARTS) is 1. The number of nitriles is 1. The molecule has 0 bridgehead atoms. The van der Waals surface area contributed by atoms with Crippen molar-refractivity contribution in [3.63, 3.8) is 0 Å². The average molecular weight is 688 g/mol. The van der Waals surface area contributed by atoms with E-state index in [1.54, 1.807) is 0 Å². The fourth-order valence-electron chi connectivity index (χ4n) is 7.86. The van der Waals surface area contributed by atoms with Gasteiger partial charge in [-0.25, -0.2) is 4.98 Å². The molecule has 4 atom stereocenters. The van der Waals surface area contributed by atoms with Crippen LogP contribution in [0.1, 0.15) is 48.8 Å². The number of benzene rings is 2. The van der Waals surface area contributed by atoms with E-state index in [2.05, 4.69) is 58.1 Å². The van der Waals surface area contributed by atoms with Gasteiger partial charge in [0.2, 0.25) is 5.89 Å². The zero-order chi connectivity index (χ0) is 33.5. The number of aliphatic hydroxyl groups is 1. The normalized spacial score (nSPS) is 28.8. The highest BCUT2D eigenvalue weighted by molar-refractivity contribution is 8.01. The van der Waals surface area contributed by atoms with Gasteiger partial charge < -0.3 is 14.6 Å². The minimum absolute atomic E-state index is 0.189. The minimum atomic E-state index is -0.942. The molecule has 252 valence electrons. The molecule has 0 amide bonds. The van der Waals surface area contributed by atoms with E-state index in [4.69, 9.17) is 21.0 Å². The lowest BCUT2D eigenvalue weighted by Crippen LogP contribution is -2.62. The van der Waals surface area contributed by atoms with E-state index in [0.717, 1.165) is 62.3 Å². The zero-order valence-corrected chi connectivity index (χ0v) is 28.8. The Morgan fingerprint density at radius 2 is 1.96 bits per heavy atom. The van der Waals surface area contributed by atoms with Gasteiger partial charge in [0.05, 0.1) is 23.0 Å². The number of allylic oxidation sites excluding steroid dienone is 3. The number of fused-ring (bicyclic) bond motifs is 1. The van der Waals surface area contributed by atoms with E-state index in [1.807, 2.05) is 42.1 Å². The van der Waals surface area contributed by atoms with Gasteiger partial charge in [0, 0.05) is 50.6 Å². The summed E-state index contributed by atoms with van der Waals surface area (Å²) in [5.74, 6) is -0.653. The Labute approximate surface area is 290 Å². The molecule has 0 spiro atoms. The van der Waals surface area contributed by atoms with Gasteiger partial charge in [-0.1, -0.05) is 48.6 Å². The molecule has 3 aromatic rings. The quantitative estimate of drug-likeness (QED) is 0.271. The molecule has 1 aromatic heterocycles. The van der Waals surface area contributed by atoms with Crippen LogP contribution in [0.4, 0.5) is 0 Å². The monoisotopic (exact) mass is 687 g/mol. The Morgan fingerprint density at radius 3 is 2.69 bits per heavy atom. The van der Waals surface area contributed by atoms with Crippen LogP contribution in [0.15, 0.2) is 65.1 Å². The molecule has 1 aliphatic carbocycles. The molecular weight excluding hydrogens is 646 g/mol. The summed E-state index contributed by atoms with van der Waals surface area (Å²) >= 11 is 9.64. The third-order valence-corrected chi connectivity index (χ3v) is 13.0. The number of halogens is 1. The van der Waals surface area contributed by atoms with Crippen molar-refractivity contribution in [3.05, 3.63) is 83.3 Å². The molecule has 2 aromatic carbocycles. The highest BCUT2D eigenvalue weighted by Gasteiger charge is 2.56. The number of nitrogens with zero attached hydrogens (tertiary/aromatic N) is 5. The molecular formula is C37H42ClN5O4S. The summed E-state index contributed by atoms with van der Waals surface area (Å²) < 4.78 is 5.79. The van der Waals surface area contributed by atoms with E-state index in [0.29, 0.717) is 54.7 Å². The predicted molar refractivity (Wildman–Crippen MR) is 189 cm³/mol. The van der Waals surface area contributed by atoms with Crippen molar-refractivity contribution in [2.75, 3.05) is 52.4 Å². The number of piperidine rings is 1. The van der Waals surface area contributed by atoms with E-state index in [9.17, 15) is 20.3 Å². The number of alkyl halides is 1. The number of carboxylic acids is 1. The van der Waals surface area contributed by atoms with Gasteiger partial charge in [-0.05, 0) is 68.1 Å². The van der Waals surface area contributed by atoms with Crippen LogP contribution < -0.4 is 0 Å². The number of aliphatic hydroxyl groups excluding tert-OH is 1. The maximum atomic E-state index is 11.5. The molecule has 2 N–H and O–H groups in total. The number of aromatic nitrogens is 1. The predicted octanol–water partition coefficient (Wildman–Crippen LogP) is 5.33. The van der Waals surface area contributed by atoms with Crippen LogP contribution in [0.5, 0.6) is 0 Å². The van der Waals surface area contributed by atoms with Crippen LogP contribution >= 0.6 is 23.4 Å². The topological polar surface area (TPSA) is 117 Å². The highest BCUT2D eigenvalue weighted by Crippen LogP contribution is 2.59. The molecule has 48 heavy (non-hydrogen) atoms. The van der Waals surface area contributed by atoms with Crippen molar-refractivity contribution in [3.8, 4) is 6.07 Å². The number of aliphatic carboxylic acids is 1. The molecule has 11 heteroatoms. The first-order chi connectivity index (χ1) is 23.2. The van der Waals surface area contributed by atoms with E-state index < -0.39 is 15.6 Å². The van der Waals surface area contributed by atoms with Gasteiger partial charge in [-0.3, -0.25) is 19.5 Å². The maximum Gasteiger partial charge on any atom is 0.307 e. The molecule has 4 aliphatic rings. The Balaban J connectivity index is 1.24. The highest BCUT2D eigenvalue weighted by atomic mass is 35.5. The number of oxazole rings is 1. The largest absolute Gasteiger partial charge is 0.481 e. The summed E-state index contributed by atoms with van der Waals surface area (Å²) in [6, 6.07) is 16.8. The van der Waals surface area contributed by atoms with Crippen LogP contribution in [0.3, 0.4) is 0 Å². The Bertz CT molecular complexity index is 1760. The fourth-order valence-corrected chi connectivity index (χ4v) is 10.1. The summed E-state index contributed by atoms with van der Waals surface area (Å²) in [6.45, 7) is 8.65. The van der Waals surface area contributed by atoms with Crippen molar-refractivity contribution >= 4 is 46.0 Å². The molecule has 3 aliphatic heterocycles. The van der Waals surface area contributed by atoms with Crippen molar-refractivity contribution in [1.29, 1.82) is 5.26 Å². The second-order valence-corrected chi connectivity index (χ2v) is 16.0. The van der Waals surface area contributed by atoms with Crippen molar-refractivity contribution in [2.24, 2.45) is 5.92 Å². The molecule has 0 radical (unpaired) electrons. The summed E-state index contributed by atoms with van der Waals surface area (Å²) in [4.78, 5) is 22.8. The summed E-state index contributed by atoms with van der Waals surface area (Å²) in [5.41, 5.74) is 4.38. The first-order valence-corrected chi connectivity index (χ1v) is 18.1. The molecule has 3 saturated heterocycles. The lowest BCUT2D eigenvalue weighted by atomic mass is 9.78.